The predicted octanol–water partition coefficient (Wildman–Crippen LogP) is 11.8. The van der Waals surface area contributed by atoms with E-state index in [2.05, 4.69) is 103 Å². The third-order valence-electron chi connectivity index (χ3n) is 9.51. The number of hydrogen-bond acceptors (Lipinski definition) is 5. The van der Waals surface area contributed by atoms with Crippen LogP contribution in [0.1, 0.15) is 0 Å². The van der Waals surface area contributed by atoms with Gasteiger partial charge in [-0.15, -0.1) is 0 Å². The first kappa shape index (κ1) is 29.0. The number of furan rings is 1. The maximum absolute atomic E-state index is 6.13. The molecule has 0 bridgehead atoms. The van der Waals surface area contributed by atoms with Gasteiger partial charge in [0.1, 0.15) is 16.9 Å². The summed E-state index contributed by atoms with van der Waals surface area (Å²) in [5.74, 6) is 1.66. The highest BCUT2D eigenvalue weighted by Gasteiger charge is 2.18. The van der Waals surface area contributed by atoms with Gasteiger partial charge < -0.3 is 4.42 Å². The summed E-state index contributed by atoms with van der Waals surface area (Å²) >= 11 is 0. The number of aromatic nitrogens is 4. The Labute approximate surface area is 293 Å². The Kier molecular flexibility index (Phi) is 6.74. The Bertz CT molecular complexity index is 2920. The van der Waals surface area contributed by atoms with E-state index in [9.17, 15) is 0 Å². The highest BCUT2D eigenvalue weighted by molar-refractivity contribution is 6.06. The number of benzene rings is 7. The van der Waals surface area contributed by atoms with Gasteiger partial charge in [-0.2, -0.15) is 0 Å². The van der Waals surface area contributed by atoms with Gasteiger partial charge in [0.05, 0.1) is 5.52 Å². The average Bonchev–Trinajstić information content (AvgIpc) is 3.58. The Balaban J connectivity index is 1.20. The summed E-state index contributed by atoms with van der Waals surface area (Å²) < 4.78 is 6.13. The maximum atomic E-state index is 6.13. The van der Waals surface area contributed by atoms with E-state index in [0.717, 1.165) is 55.1 Å². The molecule has 10 aromatic rings. The molecule has 7 aromatic carbocycles. The Morgan fingerprint density at radius 2 is 0.941 bits per heavy atom. The maximum Gasteiger partial charge on any atom is 0.182 e. The van der Waals surface area contributed by atoms with Crippen molar-refractivity contribution in [3.8, 4) is 56.5 Å². The van der Waals surface area contributed by atoms with Crippen LogP contribution in [0, 0.1) is 0 Å². The first-order valence-electron chi connectivity index (χ1n) is 17.0. The van der Waals surface area contributed by atoms with E-state index in [4.69, 9.17) is 24.4 Å². The van der Waals surface area contributed by atoms with Gasteiger partial charge in [0.15, 0.2) is 17.5 Å². The first-order valence-corrected chi connectivity index (χ1v) is 17.0. The molecule has 0 saturated heterocycles. The largest absolute Gasteiger partial charge is 0.456 e. The second-order valence-corrected chi connectivity index (χ2v) is 12.7. The topological polar surface area (TPSA) is 64.7 Å². The average molecular weight is 653 g/mol. The fourth-order valence-corrected chi connectivity index (χ4v) is 7.05. The van der Waals surface area contributed by atoms with Crippen LogP contribution in [-0.4, -0.2) is 19.9 Å². The summed E-state index contributed by atoms with van der Waals surface area (Å²) in [6.07, 6.45) is 0. The SMILES string of the molecule is c1ccc(-c2nc(-c3ccc4oc5ccccc5c4c3)nc(-c3cc(-c4cc(-c5ccccc5)c5ccccc5c4)c4ccccc4n3)n2)cc1. The quantitative estimate of drug-likeness (QED) is 0.185. The lowest BCUT2D eigenvalue weighted by molar-refractivity contribution is 0.669. The Morgan fingerprint density at radius 3 is 1.76 bits per heavy atom. The Hall–Kier alpha value is -6.98. The van der Waals surface area contributed by atoms with E-state index in [-0.39, 0.29) is 0 Å². The summed E-state index contributed by atoms with van der Waals surface area (Å²) in [5.41, 5.74) is 9.51. The van der Waals surface area contributed by atoms with Gasteiger partial charge >= 0.3 is 0 Å². The zero-order valence-corrected chi connectivity index (χ0v) is 27.4. The lowest BCUT2D eigenvalue weighted by Crippen LogP contribution is -2.02. The molecular weight excluding hydrogens is 625 g/mol. The van der Waals surface area contributed by atoms with Gasteiger partial charge in [0.25, 0.3) is 0 Å². The van der Waals surface area contributed by atoms with Crippen LogP contribution < -0.4 is 0 Å². The third kappa shape index (κ3) is 5.11. The van der Waals surface area contributed by atoms with Crippen molar-refractivity contribution in [3.63, 3.8) is 0 Å². The van der Waals surface area contributed by atoms with Crippen LogP contribution in [0.15, 0.2) is 174 Å². The van der Waals surface area contributed by atoms with Crippen molar-refractivity contribution in [2.24, 2.45) is 0 Å². The number of nitrogens with zero attached hydrogens (tertiary/aromatic N) is 4. The minimum absolute atomic E-state index is 0.507. The Morgan fingerprint density at radius 1 is 0.333 bits per heavy atom. The third-order valence-corrected chi connectivity index (χ3v) is 9.51. The molecule has 51 heavy (non-hydrogen) atoms. The van der Waals surface area contributed by atoms with Gasteiger partial charge in [0.2, 0.25) is 0 Å². The van der Waals surface area contributed by atoms with Gasteiger partial charge in [0, 0.05) is 27.3 Å². The summed E-state index contributed by atoms with van der Waals surface area (Å²) in [6.45, 7) is 0. The van der Waals surface area contributed by atoms with Crippen LogP contribution in [-0.2, 0) is 0 Å². The van der Waals surface area contributed by atoms with E-state index in [0.29, 0.717) is 23.2 Å². The summed E-state index contributed by atoms with van der Waals surface area (Å²) in [5, 5.41) is 5.52. The van der Waals surface area contributed by atoms with Gasteiger partial charge in [-0.05, 0) is 81.6 Å². The molecule has 0 aliphatic carbocycles. The fraction of sp³-hybridized carbons (Fsp3) is 0. The molecule has 0 unspecified atom stereocenters. The minimum Gasteiger partial charge on any atom is -0.456 e. The molecular formula is C46H28N4O. The smallest absolute Gasteiger partial charge is 0.182 e. The molecule has 0 spiro atoms. The van der Waals surface area contributed by atoms with Crippen LogP contribution >= 0.6 is 0 Å². The second-order valence-electron chi connectivity index (χ2n) is 12.7. The van der Waals surface area contributed by atoms with Crippen molar-refractivity contribution < 1.29 is 4.42 Å². The zero-order valence-electron chi connectivity index (χ0n) is 27.4. The summed E-state index contributed by atoms with van der Waals surface area (Å²) in [4.78, 5) is 20.3. The lowest BCUT2D eigenvalue weighted by Gasteiger charge is -2.14. The highest BCUT2D eigenvalue weighted by Crippen LogP contribution is 2.38. The molecule has 0 radical (unpaired) electrons. The normalized spacial score (nSPS) is 11.5. The van der Waals surface area contributed by atoms with Crippen molar-refractivity contribution in [1.82, 2.24) is 19.9 Å². The molecule has 5 heteroatoms. The lowest BCUT2D eigenvalue weighted by atomic mass is 9.91. The van der Waals surface area contributed by atoms with Crippen molar-refractivity contribution in [1.29, 1.82) is 0 Å². The molecule has 3 heterocycles. The van der Waals surface area contributed by atoms with Crippen molar-refractivity contribution in [3.05, 3.63) is 170 Å². The molecule has 0 aliphatic heterocycles. The highest BCUT2D eigenvalue weighted by atomic mass is 16.3. The van der Waals surface area contributed by atoms with E-state index in [1.165, 1.54) is 21.9 Å². The fourth-order valence-electron chi connectivity index (χ4n) is 7.05. The number of fused-ring (bicyclic) bond motifs is 5. The second kappa shape index (κ2) is 11.9. The molecule has 0 aliphatic rings. The number of rotatable bonds is 5. The summed E-state index contributed by atoms with van der Waals surface area (Å²) in [7, 11) is 0. The number of pyridine rings is 1. The molecule has 0 atom stereocenters. The monoisotopic (exact) mass is 652 g/mol. The van der Waals surface area contributed by atoms with Crippen molar-refractivity contribution >= 4 is 43.6 Å². The number of hydrogen-bond donors (Lipinski definition) is 0. The molecule has 0 N–H and O–H groups in total. The predicted molar refractivity (Wildman–Crippen MR) is 207 cm³/mol. The minimum atomic E-state index is 0.507. The van der Waals surface area contributed by atoms with Crippen LogP contribution in [0.3, 0.4) is 0 Å². The molecule has 3 aromatic heterocycles. The van der Waals surface area contributed by atoms with Gasteiger partial charge in [-0.1, -0.05) is 121 Å². The van der Waals surface area contributed by atoms with E-state index >= 15 is 0 Å². The summed E-state index contributed by atoms with van der Waals surface area (Å²) in [6, 6.07) is 58.4. The van der Waals surface area contributed by atoms with Crippen LogP contribution in [0.4, 0.5) is 0 Å². The molecule has 5 nitrogen and oxygen atoms in total. The van der Waals surface area contributed by atoms with E-state index in [1.807, 2.05) is 66.7 Å². The van der Waals surface area contributed by atoms with Crippen LogP contribution in [0.25, 0.3) is 100 Å². The van der Waals surface area contributed by atoms with Gasteiger partial charge in [-0.3, -0.25) is 0 Å². The molecule has 0 fully saturated rings. The molecule has 0 amide bonds. The van der Waals surface area contributed by atoms with E-state index < -0.39 is 0 Å². The van der Waals surface area contributed by atoms with Crippen LogP contribution in [0.2, 0.25) is 0 Å². The molecule has 0 saturated carbocycles. The van der Waals surface area contributed by atoms with Crippen LogP contribution in [0.5, 0.6) is 0 Å². The standard InChI is InChI=1S/C46H28N4O/c1-3-13-29(14-4-1)37-27-33(25-31-17-7-8-18-34(31)37)38-28-41(47-40-21-11-9-19-35(38)40)46-49-44(30-15-5-2-6-16-30)48-45(50-46)32-23-24-43-39(26-32)36-20-10-12-22-42(36)51-43/h1-28H. The van der Waals surface area contributed by atoms with Gasteiger partial charge in [-0.25, -0.2) is 19.9 Å². The van der Waals surface area contributed by atoms with E-state index in [1.54, 1.807) is 0 Å². The molecule has 10 rings (SSSR count). The number of para-hydroxylation sites is 2. The van der Waals surface area contributed by atoms with Crippen molar-refractivity contribution in [2.75, 3.05) is 0 Å². The van der Waals surface area contributed by atoms with Crippen molar-refractivity contribution in [2.45, 2.75) is 0 Å². The first-order chi connectivity index (χ1) is 25.2. The zero-order chi connectivity index (χ0) is 33.7. The molecule has 238 valence electrons.